The second kappa shape index (κ2) is 7.54. The van der Waals surface area contributed by atoms with Crippen LogP contribution in [0.1, 0.15) is 37.5 Å². The number of rotatable bonds is 2. The number of aromatic nitrogens is 1. The van der Waals surface area contributed by atoms with E-state index < -0.39 is 0 Å². The summed E-state index contributed by atoms with van der Waals surface area (Å²) in [4.78, 5) is 6.16. The third kappa shape index (κ3) is 3.26. The largest absolute Gasteiger partial charge is 0.455 e. The van der Waals surface area contributed by atoms with Crippen LogP contribution in [0.2, 0.25) is 0 Å². The first kappa shape index (κ1) is 21.1. The van der Waals surface area contributed by atoms with Crippen LogP contribution in [0.4, 0.5) is 0 Å². The molecule has 6 rings (SSSR count). The zero-order valence-electron chi connectivity index (χ0n) is 20.2. The van der Waals surface area contributed by atoms with Crippen LogP contribution < -0.4 is 0 Å². The molecule has 3 heterocycles. The lowest BCUT2D eigenvalue weighted by Gasteiger charge is -2.23. The molecule has 0 bridgehead atoms. The second-order valence-corrected chi connectivity index (χ2v) is 11.2. The Bertz CT molecular complexity index is 1680. The number of pyridine rings is 1. The summed E-state index contributed by atoms with van der Waals surface area (Å²) in [6, 6.07) is 23.7. The number of hydrogen-bond donors (Lipinski definition) is 0. The highest BCUT2D eigenvalue weighted by Gasteiger charge is 2.22. The van der Waals surface area contributed by atoms with E-state index in [1.165, 1.54) is 48.0 Å². The summed E-state index contributed by atoms with van der Waals surface area (Å²) < 4.78 is 7.49. The molecule has 3 heteroatoms. The molecular formula is C31H27NOS. The predicted octanol–water partition coefficient (Wildman–Crippen LogP) is 9.44. The maximum Gasteiger partial charge on any atom is 0.145 e. The van der Waals surface area contributed by atoms with Gasteiger partial charge in [0.1, 0.15) is 11.3 Å². The standard InChI is InChI=1S/C31H27NOS/c1-18-17-32-28(22-14-20-10-6-8-12-23(20)24(15-22)31(3,4)5)30-27(18)19(2)29(34-30)26-16-21-11-7-9-13-25(21)33-26/h6-17H,1-5H3. The van der Waals surface area contributed by atoms with E-state index in [-0.39, 0.29) is 5.41 Å². The van der Waals surface area contributed by atoms with Gasteiger partial charge in [-0.1, -0.05) is 63.2 Å². The van der Waals surface area contributed by atoms with Crippen LogP contribution in [0.25, 0.3) is 53.7 Å². The van der Waals surface area contributed by atoms with Crippen molar-refractivity contribution in [1.29, 1.82) is 0 Å². The van der Waals surface area contributed by atoms with E-state index in [0.717, 1.165) is 22.4 Å². The van der Waals surface area contributed by atoms with Gasteiger partial charge in [0.15, 0.2) is 0 Å². The van der Waals surface area contributed by atoms with Crippen LogP contribution in [-0.4, -0.2) is 4.98 Å². The van der Waals surface area contributed by atoms with Crippen molar-refractivity contribution in [3.05, 3.63) is 89.6 Å². The predicted molar refractivity (Wildman–Crippen MR) is 146 cm³/mol. The molecule has 34 heavy (non-hydrogen) atoms. The van der Waals surface area contributed by atoms with Crippen molar-refractivity contribution < 1.29 is 4.42 Å². The van der Waals surface area contributed by atoms with Gasteiger partial charge in [0, 0.05) is 22.5 Å². The summed E-state index contributed by atoms with van der Waals surface area (Å²) in [7, 11) is 0. The van der Waals surface area contributed by atoms with Gasteiger partial charge in [-0.3, -0.25) is 4.98 Å². The Kier molecular flexibility index (Phi) is 4.69. The van der Waals surface area contributed by atoms with Gasteiger partial charge in [-0.05, 0) is 71.0 Å². The Morgan fingerprint density at radius 3 is 2.35 bits per heavy atom. The van der Waals surface area contributed by atoms with Gasteiger partial charge in [-0.15, -0.1) is 11.3 Å². The molecule has 0 aliphatic rings. The van der Waals surface area contributed by atoms with E-state index in [4.69, 9.17) is 9.40 Å². The number of hydrogen-bond acceptors (Lipinski definition) is 3. The third-order valence-corrected chi connectivity index (χ3v) is 8.05. The molecule has 0 aliphatic heterocycles. The fraction of sp³-hybridized carbons (Fsp3) is 0.194. The van der Waals surface area contributed by atoms with E-state index in [0.29, 0.717) is 0 Å². The number of furan rings is 1. The molecule has 2 nitrogen and oxygen atoms in total. The second-order valence-electron chi connectivity index (χ2n) is 10.2. The lowest BCUT2D eigenvalue weighted by Crippen LogP contribution is -2.12. The van der Waals surface area contributed by atoms with Crippen LogP contribution in [0.5, 0.6) is 0 Å². The Balaban J connectivity index is 1.63. The molecule has 168 valence electrons. The van der Waals surface area contributed by atoms with Crippen molar-refractivity contribution >= 4 is 43.2 Å². The fourth-order valence-corrected chi connectivity index (χ4v) is 6.39. The van der Waals surface area contributed by atoms with Crippen LogP contribution in [0.3, 0.4) is 0 Å². The minimum absolute atomic E-state index is 0.0320. The Morgan fingerprint density at radius 2 is 1.59 bits per heavy atom. The molecule has 3 aromatic carbocycles. The average molecular weight is 462 g/mol. The van der Waals surface area contributed by atoms with Crippen LogP contribution in [0, 0.1) is 13.8 Å². The normalized spacial score (nSPS) is 12.3. The third-order valence-electron chi connectivity index (χ3n) is 6.74. The van der Waals surface area contributed by atoms with Crippen molar-refractivity contribution in [1.82, 2.24) is 4.98 Å². The fourth-order valence-electron chi connectivity index (χ4n) is 5.04. The van der Waals surface area contributed by atoms with Crippen LogP contribution in [0.15, 0.2) is 77.3 Å². The van der Waals surface area contributed by atoms with E-state index in [1.807, 2.05) is 18.3 Å². The highest BCUT2D eigenvalue weighted by Crippen LogP contribution is 2.45. The van der Waals surface area contributed by atoms with Gasteiger partial charge in [-0.2, -0.15) is 0 Å². The van der Waals surface area contributed by atoms with Gasteiger partial charge in [0.2, 0.25) is 0 Å². The summed E-state index contributed by atoms with van der Waals surface area (Å²) in [6.45, 7) is 11.2. The molecule has 6 aromatic rings. The molecule has 0 aliphatic carbocycles. The summed E-state index contributed by atoms with van der Waals surface area (Å²) in [6.07, 6.45) is 2.02. The van der Waals surface area contributed by atoms with Crippen LogP contribution in [-0.2, 0) is 5.41 Å². The van der Waals surface area contributed by atoms with Crippen molar-refractivity contribution in [2.24, 2.45) is 0 Å². The average Bonchev–Trinajstić information content (AvgIpc) is 3.39. The molecule has 0 N–H and O–H groups in total. The van der Waals surface area contributed by atoms with E-state index in [1.54, 1.807) is 11.3 Å². The van der Waals surface area contributed by atoms with Gasteiger partial charge >= 0.3 is 0 Å². The lowest BCUT2D eigenvalue weighted by molar-refractivity contribution is 0.596. The molecule has 0 amide bonds. The zero-order valence-corrected chi connectivity index (χ0v) is 21.0. The number of benzene rings is 3. The molecule has 0 fully saturated rings. The molecule has 0 atom stereocenters. The maximum atomic E-state index is 6.26. The van der Waals surface area contributed by atoms with Crippen molar-refractivity contribution in [3.8, 4) is 21.9 Å². The Labute approximate surface area is 203 Å². The summed E-state index contributed by atoms with van der Waals surface area (Å²) in [5.74, 6) is 0.930. The van der Waals surface area contributed by atoms with E-state index in [9.17, 15) is 0 Å². The Hall–Kier alpha value is -3.43. The summed E-state index contributed by atoms with van der Waals surface area (Å²) >= 11 is 1.79. The minimum atomic E-state index is 0.0320. The monoisotopic (exact) mass is 461 g/mol. The number of fused-ring (bicyclic) bond motifs is 3. The maximum absolute atomic E-state index is 6.26. The number of para-hydroxylation sites is 1. The van der Waals surface area contributed by atoms with Crippen molar-refractivity contribution in [2.45, 2.75) is 40.0 Å². The molecule has 0 unspecified atom stereocenters. The molecule has 0 saturated carbocycles. The number of aryl methyl sites for hydroxylation is 2. The van der Waals surface area contributed by atoms with E-state index in [2.05, 4.69) is 89.2 Å². The molecule has 0 saturated heterocycles. The van der Waals surface area contributed by atoms with Gasteiger partial charge in [0.25, 0.3) is 0 Å². The minimum Gasteiger partial charge on any atom is -0.455 e. The first-order chi connectivity index (χ1) is 16.3. The first-order valence-corrected chi connectivity index (χ1v) is 12.5. The quantitative estimate of drug-likeness (QED) is 0.257. The highest BCUT2D eigenvalue weighted by atomic mass is 32.1. The van der Waals surface area contributed by atoms with Crippen molar-refractivity contribution in [3.63, 3.8) is 0 Å². The summed E-state index contributed by atoms with van der Waals surface area (Å²) in [5, 5.41) is 4.99. The first-order valence-electron chi connectivity index (χ1n) is 11.7. The highest BCUT2D eigenvalue weighted by molar-refractivity contribution is 7.23. The van der Waals surface area contributed by atoms with Gasteiger partial charge < -0.3 is 4.42 Å². The van der Waals surface area contributed by atoms with Crippen LogP contribution >= 0.6 is 11.3 Å². The number of thiophene rings is 1. The molecule has 0 radical (unpaired) electrons. The summed E-state index contributed by atoms with van der Waals surface area (Å²) in [5.41, 5.74) is 6.99. The smallest absolute Gasteiger partial charge is 0.145 e. The van der Waals surface area contributed by atoms with Crippen molar-refractivity contribution in [2.75, 3.05) is 0 Å². The Morgan fingerprint density at radius 1 is 0.853 bits per heavy atom. The molecular weight excluding hydrogens is 434 g/mol. The van der Waals surface area contributed by atoms with Gasteiger partial charge in [0.05, 0.1) is 15.3 Å². The zero-order chi connectivity index (χ0) is 23.6. The lowest BCUT2D eigenvalue weighted by atomic mass is 9.82. The SMILES string of the molecule is Cc1cnc(-c2cc(C(C)(C)C)c3ccccc3c2)c2sc(-c3cc4ccccc4o3)c(C)c12. The van der Waals surface area contributed by atoms with E-state index >= 15 is 0 Å². The molecule has 3 aromatic heterocycles. The topological polar surface area (TPSA) is 26.0 Å². The number of nitrogens with zero attached hydrogens (tertiary/aromatic N) is 1. The molecule has 0 spiro atoms. The van der Waals surface area contributed by atoms with Gasteiger partial charge in [-0.25, -0.2) is 0 Å².